The van der Waals surface area contributed by atoms with Crippen LogP contribution < -0.4 is 26.5 Å². The van der Waals surface area contributed by atoms with E-state index in [9.17, 15) is 35.9 Å². The summed E-state index contributed by atoms with van der Waals surface area (Å²) in [4.78, 5) is 42.6. The van der Waals surface area contributed by atoms with Gasteiger partial charge in [-0.05, 0) is 31.2 Å². The van der Waals surface area contributed by atoms with E-state index in [1.54, 1.807) is 0 Å². The van der Waals surface area contributed by atoms with Gasteiger partial charge in [0, 0.05) is 37.1 Å². The van der Waals surface area contributed by atoms with Gasteiger partial charge < -0.3 is 33.9 Å². The maximum Gasteiger partial charge on any atom is 2.00 e. The van der Waals surface area contributed by atoms with E-state index in [-0.39, 0.29) is 81.0 Å². The first-order valence-electron chi connectivity index (χ1n) is 12.1. The second-order valence-corrected chi connectivity index (χ2v) is 9.29. The molecule has 4 rings (SSSR count). The molecule has 48 heavy (non-hydrogen) atoms. The molecule has 0 atom stereocenters. The zero-order valence-electron chi connectivity index (χ0n) is 25.2. The van der Waals surface area contributed by atoms with Crippen molar-refractivity contribution in [2.75, 3.05) is 14.2 Å². The molecule has 254 valence electrons. The van der Waals surface area contributed by atoms with E-state index >= 15 is 0 Å². The number of pyridine rings is 4. The van der Waals surface area contributed by atoms with Crippen LogP contribution >= 0.6 is 23.2 Å². The van der Waals surface area contributed by atoms with Gasteiger partial charge in [0.1, 0.15) is 21.8 Å². The van der Waals surface area contributed by atoms with Gasteiger partial charge in [0.05, 0.1) is 36.2 Å². The Morgan fingerprint density at radius 3 is 1.46 bits per heavy atom. The molecule has 0 fully saturated rings. The minimum absolute atomic E-state index is 0. The van der Waals surface area contributed by atoms with Crippen molar-refractivity contribution < 1.29 is 67.2 Å². The summed E-state index contributed by atoms with van der Waals surface area (Å²) in [6.07, 6.45) is -5.37. The predicted octanol–water partition coefficient (Wildman–Crippen LogP) is 4.79. The average molecular weight is 798 g/mol. The molecule has 0 spiro atoms. The zero-order chi connectivity index (χ0) is 33.5. The standard InChI is InChI=1S/C14H11ClF3N3O3.C13H8ClF3N2O2.CH3.BrH.Mg/c1-21(23-2)13(22)9-7-20-12(5-10(9)14(16,17)18)24-8-3-4-11(15)19-6-8;1-7(20)9-6-19-12(4-10(9)13(15,16)17)21-8-2-3-11(14)18-5-8;;;/h3-7H,1-2H3;2-6H,1H3;1H3;1H;/q;;-1;;+2/p-1. The number of nitrogens with zero attached hydrogens (tertiary/aromatic N) is 5. The number of Topliss-reactive ketones (excluding diaryl/α,β-unsaturated/α-hetero) is 1. The van der Waals surface area contributed by atoms with Crippen molar-refractivity contribution in [1.29, 1.82) is 0 Å². The van der Waals surface area contributed by atoms with E-state index in [0.29, 0.717) is 17.2 Å². The van der Waals surface area contributed by atoms with Crippen LogP contribution in [0.1, 0.15) is 38.8 Å². The summed E-state index contributed by atoms with van der Waals surface area (Å²) in [5.74, 6) is -2.03. The molecule has 0 aliphatic carbocycles. The Balaban J connectivity index is 0.000000873. The van der Waals surface area contributed by atoms with E-state index in [1.807, 2.05) is 0 Å². The van der Waals surface area contributed by atoms with Gasteiger partial charge in [-0.1, -0.05) is 23.2 Å². The third kappa shape index (κ3) is 12.6. The number of carbonyl (C=O) groups is 2. The number of rotatable bonds is 7. The Bertz CT molecular complexity index is 1670. The molecule has 0 aromatic carbocycles. The number of hydrogen-bond acceptors (Lipinski definition) is 9. The SMILES string of the molecule is CC(=O)c1cnc(Oc2ccc(Cl)nc2)cc1C(F)(F)F.CON(C)C(=O)c1cnc(Oc2ccc(Cl)nc2)cc1C(F)(F)F.[Br-].[CH3-].[Mg+2]. The van der Waals surface area contributed by atoms with Gasteiger partial charge in [0.2, 0.25) is 11.8 Å². The fourth-order valence-electron chi connectivity index (χ4n) is 3.24. The largest absolute Gasteiger partial charge is 2.00 e. The molecule has 0 radical (unpaired) electrons. The van der Waals surface area contributed by atoms with Gasteiger partial charge in [0.15, 0.2) is 5.78 Å². The first-order chi connectivity index (χ1) is 21.0. The van der Waals surface area contributed by atoms with Crippen LogP contribution in [0.4, 0.5) is 26.3 Å². The third-order valence-electron chi connectivity index (χ3n) is 5.38. The first kappa shape index (κ1) is 44.7. The van der Waals surface area contributed by atoms with Crippen LogP contribution in [0, 0.1) is 7.43 Å². The van der Waals surface area contributed by atoms with Crippen molar-refractivity contribution >= 4 is 57.9 Å². The van der Waals surface area contributed by atoms with Crippen molar-refractivity contribution in [2.24, 2.45) is 0 Å². The molecule has 4 aromatic heterocycles. The van der Waals surface area contributed by atoms with Gasteiger partial charge in [-0.25, -0.2) is 25.0 Å². The molecule has 10 nitrogen and oxygen atoms in total. The van der Waals surface area contributed by atoms with E-state index in [2.05, 4.69) is 24.8 Å². The Morgan fingerprint density at radius 2 is 1.12 bits per heavy atom. The van der Waals surface area contributed by atoms with E-state index in [1.165, 1.54) is 43.7 Å². The van der Waals surface area contributed by atoms with Crippen molar-refractivity contribution in [3.63, 3.8) is 0 Å². The summed E-state index contributed by atoms with van der Waals surface area (Å²) >= 11 is 11.2. The molecule has 0 saturated heterocycles. The van der Waals surface area contributed by atoms with Gasteiger partial charge >= 0.3 is 35.4 Å². The minimum Gasteiger partial charge on any atom is -1.00 e. The molecule has 4 heterocycles. The van der Waals surface area contributed by atoms with Gasteiger partial charge in [-0.2, -0.15) is 26.3 Å². The summed E-state index contributed by atoms with van der Waals surface area (Å²) in [6.45, 7) is 1.04. The third-order valence-corrected chi connectivity index (χ3v) is 5.83. The Hall–Kier alpha value is -3.29. The van der Waals surface area contributed by atoms with Crippen molar-refractivity contribution in [3.8, 4) is 23.3 Å². The number of carbonyl (C=O) groups excluding carboxylic acids is 2. The maximum absolute atomic E-state index is 13.2. The summed E-state index contributed by atoms with van der Waals surface area (Å²) < 4.78 is 88.8. The smallest absolute Gasteiger partial charge is 1.00 e. The average Bonchev–Trinajstić information content (AvgIpc) is 2.98. The van der Waals surface area contributed by atoms with Crippen LogP contribution in [0.15, 0.2) is 61.2 Å². The van der Waals surface area contributed by atoms with Crippen LogP contribution in [0.3, 0.4) is 0 Å². The second-order valence-electron chi connectivity index (χ2n) is 8.51. The Labute approximate surface area is 306 Å². The fraction of sp³-hybridized carbons (Fsp3) is 0.179. The normalized spacial score (nSPS) is 10.6. The number of halogens is 9. The second kappa shape index (κ2) is 19.0. The molecule has 0 bridgehead atoms. The van der Waals surface area contributed by atoms with Crippen molar-refractivity contribution in [1.82, 2.24) is 25.0 Å². The number of ketones is 1. The molecule has 1 amide bonds. The van der Waals surface area contributed by atoms with Crippen LogP contribution in [-0.2, 0) is 17.2 Å². The number of amides is 1. The number of alkyl halides is 6. The van der Waals surface area contributed by atoms with Crippen LogP contribution in [-0.4, -0.2) is 73.9 Å². The van der Waals surface area contributed by atoms with Gasteiger partial charge in [-0.3, -0.25) is 14.4 Å². The zero-order valence-corrected chi connectivity index (χ0v) is 29.7. The topological polar surface area (TPSA) is 117 Å². The molecule has 0 unspecified atom stereocenters. The van der Waals surface area contributed by atoms with Crippen LogP contribution in [0.25, 0.3) is 0 Å². The van der Waals surface area contributed by atoms with Crippen molar-refractivity contribution in [3.05, 3.63) is 101 Å². The maximum atomic E-state index is 13.2. The summed E-state index contributed by atoms with van der Waals surface area (Å²) in [5, 5.41) is 1.09. The van der Waals surface area contributed by atoms with Crippen LogP contribution in [0.2, 0.25) is 10.3 Å². The molecular formula is C28H22BrCl2F6MgN5O5. The molecule has 0 aliphatic heterocycles. The number of ether oxygens (including phenoxy) is 2. The summed E-state index contributed by atoms with van der Waals surface area (Å²) in [7, 11) is 2.34. The van der Waals surface area contributed by atoms with Gasteiger partial charge in [0.25, 0.3) is 5.91 Å². The number of hydrogen-bond donors (Lipinski definition) is 0. The predicted molar refractivity (Wildman–Crippen MR) is 158 cm³/mol. The minimum atomic E-state index is -4.78. The van der Waals surface area contributed by atoms with Crippen LogP contribution in [0.5, 0.6) is 23.3 Å². The summed E-state index contributed by atoms with van der Waals surface area (Å²) in [6, 6.07) is 6.99. The number of aromatic nitrogens is 4. The molecule has 0 saturated carbocycles. The van der Waals surface area contributed by atoms with E-state index < -0.39 is 46.3 Å². The Kier molecular flexibility index (Phi) is 17.7. The quantitative estimate of drug-likeness (QED) is 0.0651. The molecule has 20 heteroatoms. The van der Waals surface area contributed by atoms with Gasteiger partial charge in [-0.15, -0.1) is 0 Å². The van der Waals surface area contributed by atoms with E-state index in [4.69, 9.17) is 32.7 Å². The van der Waals surface area contributed by atoms with Crippen molar-refractivity contribution in [2.45, 2.75) is 19.3 Å². The fourth-order valence-corrected chi connectivity index (χ4v) is 3.47. The molecule has 4 aromatic rings. The molecular weight excluding hydrogens is 775 g/mol. The van der Waals surface area contributed by atoms with E-state index in [0.717, 1.165) is 26.4 Å². The monoisotopic (exact) mass is 795 g/mol. The molecule has 0 aliphatic rings. The number of hydroxylamine groups is 2. The first-order valence-corrected chi connectivity index (χ1v) is 12.8. The Morgan fingerprint density at radius 1 is 0.729 bits per heavy atom. The molecule has 0 N–H and O–H groups in total. The summed E-state index contributed by atoms with van der Waals surface area (Å²) in [5.41, 5.74) is -3.46.